The predicted octanol–water partition coefficient (Wildman–Crippen LogP) is 4.78. The van der Waals surface area contributed by atoms with E-state index in [4.69, 9.17) is 23.2 Å². The molecule has 1 atom stereocenters. The van der Waals surface area contributed by atoms with Crippen molar-refractivity contribution in [3.63, 3.8) is 0 Å². The first-order valence-corrected chi connectivity index (χ1v) is 10.9. The molecule has 0 heterocycles. The second-order valence-corrected chi connectivity index (χ2v) is 8.16. The van der Waals surface area contributed by atoms with Gasteiger partial charge in [0.15, 0.2) is 0 Å². The summed E-state index contributed by atoms with van der Waals surface area (Å²) in [5.74, 6) is 0.773. The lowest BCUT2D eigenvalue weighted by molar-refractivity contribution is -0.139. The van der Waals surface area contributed by atoms with Gasteiger partial charge in [-0.25, -0.2) is 0 Å². The summed E-state index contributed by atoms with van der Waals surface area (Å²) in [5.41, 5.74) is 2.03. The zero-order valence-corrected chi connectivity index (χ0v) is 18.3. The molecule has 0 aliphatic heterocycles. The fraction of sp³-hybridized carbons (Fsp3) is 0.333. The summed E-state index contributed by atoms with van der Waals surface area (Å²) in [7, 11) is 1.59. The maximum atomic E-state index is 13.0. The maximum absolute atomic E-state index is 13.0. The number of thioether (sulfide) groups is 1. The van der Waals surface area contributed by atoms with Crippen LogP contribution in [0, 0.1) is 0 Å². The number of carbonyl (C=O) groups is 2. The highest BCUT2D eigenvalue weighted by Crippen LogP contribution is 2.19. The Morgan fingerprint density at radius 1 is 1.00 bits per heavy atom. The van der Waals surface area contributed by atoms with Crippen molar-refractivity contribution < 1.29 is 9.59 Å². The second-order valence-electron chi connectivity index (χ2n) is 6.31. The molecule has 4 nitrogen and oxygen atoms in total. The predicted molar refractivity (Wildman–Crippen MR) is 118 cm³/mol. The van der Waals surface area contributed by atoms with Gasteiger partial charge in [-0.15, -0.1) is 11.8 Å². The quantitative estimate of drug-likeness (QED) is 0.612. The number of hydrogen-bond acceptors (Lipinski definition) is 3. The molecule has 0 spiro atoms. The van der Waals surface area contributed by atoms with Crippen molar-refractivity contribution >= 4 is 46.8 Å². The van der Waals surface area contributed by atoms with Gasteiger partial charge < -0.3 is 10.2 Å². The molecule has 0 saturated carbocycles. The Labute approximate surface area is 180 Å². The SMILES string of the molecule is CCC(C(=O)NC)N(Cc1ccc(Cl)cc1)C(=O)CSCc1ccc(Cl)cc1. The summed E-state index contributed by atoms with van der Waals surface area (Å²) in [5, 5.41) is 3.99. The third-order valence-electron chi connectivity index (χ3n) is 4.31. The molecule has 0 bridgehead atoms. The Morgan fingerprint density at radius 2 is 1.54 bits per heavy atom. The summed E-state index contributed by atoms with van der Waals surface area (Å²) < 4.78 is 0. The molecule has 2 amide bonds. The van der Waals surface area contributed by atoms with Gasteiger partial charge in [0.25, 0.3) is 0 Å². The number of amides is 2. The van der Waals surface area contributed by atoms with E-state index in [0.717, 1.165) is 11.1 Å². The van der Waals surface area contributed by atoms with Crippen molar-refractivity contribution in [3.05, 3.63) is 69.7 Å². The molecular formula is C21H24Cl2N2O2S. The van der Waals surface area contributed by atoms with Crippen LogP contribution in [-0.2, 0) is 21.9 Å². The lowest BCUT2D eigenvalue weighted by Crippen LogP contribution is -2.48. The highest BCUT2D eigenvalue weighted by molar-refractivity contribution is 7.99. The molecule has 28 heavy (non-hydrogen) atoms. The number of likely N-dealkylation sites (N-methyl/N-ethyl adjacent to an activating group) is 1. The van der Waals surface area contributed by atoms with Gasteiger partial charge in [0.05, 0.1) is 5.75 Å². The Morgan fingerprint density at radius 3 is 2.04 bits per heavy atom. The smallest absolute Gasteiger partial charge is 0.242 e. The normalized spacial score (nSPS) is 11.7. The minimum atomic E-state index is -0.510. The topological polar surface area (TPSA) is 49.4 Å². The van der Waals surface area contributed by atoms with Gasteiger partial charge in [-0.05, 0) is 41.8 Å². The van der Waals surface area contributed by atoms with Crippen LogP contribution in [-0.4, -0.2) is 35.6 Å². The van der Waals surface area contributed by atoms with Gasteiger partial charge >= 0.3 is 0 Å². The summed E-state index contributed by atoms with van der Waals surface area (Å²) in [6.45, 7) is 2.27. The molecule has 0 fully saturated rings. The van der Waals surface area contributed by atoms with E-state index in [1.807, 2.05) is 43.3 Å². The fourth-order valence-corrected chi connectivity index (χ4v) is 3.91. The van der Waals surface area contributed by atoms with Crippen molar-refractivity contribution in [1.29, 1.82) is 0 Å². The largest absolute Gasteiger partial charge is 0.357 e. The summed E-state index contributed by atoms with van der Waals surface area (Å²) in [4.78, 5) is 26.9. The minimum absolute atomic E-state index is 0.0654. The molecular weight excluding hydrogens is 415 g/mol. The maximum Gasteiger partial charge on any atom is 0.242 e. The summed E-state index contributed by atoms with van der Waals surface area (Å²) >= 11 is 13.4. The molecule has 2 aromatic rings. The Bertz CT molecular complexity index is 782. The van der Waals surface area contributed by atoms with E-state index in [9.17, 15) is 9.59 Å². The van der Waals surface area contributed by atoms with Crippen molar-refractivity contribution in [1.82, 2.24) is 10.2 Å². The van der Waals surface area contributed by atoms with Crippen LogP contribution in [0.1, 0.15) is 24.5 Å². The molecule has 0 radical (unpaired) electrons. The zero-order chi connectivity index (χ0) is 20.5. The number of nitrogens with one attached hydrogen (secondary N) is 1. The minimum Gasteiger partial charge on any atom is -0.357 e. The lowest BCUT2D eigenvalue weighted by atomic mass is 10.1. The van der Waals surface area contributed by atoms with Crippen LogP contribution in [0.15, 0.2) is 48.5 Å². The number of halogens is 2. The second kappa shape index (κ2) is 11.3. The Hall–Kier alpha value is -1.69. The molecule has 150 valence electrons. The van der Waals surface area contributed by atoms with E-state index in [1.165, 1.54) is 11.8 Å². The van der Waals surface area contributed by atoms with Crippen LogP contribution < -0.4 is 5.32 Å². The van der Waals surface area contributed by atoms with Crippen LogP contribution in [0.5, 0.6) is 0 Å². The average molecular weight is 439 g/mol. The van der Waals surface area contributed by atoms with Crippen LogP contribution >= 0.6 is 35.0 Å². The number of carbonyl (C=O) groups excluding carboxylic acids is 2. The first-order valence-electron chi connectivity index (χ1n) is 9.02. The van der Waals surface area contributed by atoms with Crippen molar-refractivity contribution in [2.24, 2.45) is 0 Å². The third kappa shape index (κ3) is 6.73. The number of rotatable bonds is 9. The van der Waals surface area contributed by atoms with Gasteiger partial charge in [0, 0.05) is 29.4 Å². The zero-order valence-electron chi connectivity index (χ0n) is 16.0. The van der Waals surface area contributed by atoms with E-state index < -0.39 is 6.04 Å². The standard InChI is InChI=1S/C21H24Cl2N2O2S/c1-3-19(21(27)24-2)25(12-15-4-8-17(22)9-5-15)20(26)14-28-13-16-6-10-18(23)11-7-16/h4-11,19H,3,12-14H2,1-2H3,(H,24,27). The van der Waals surface area contributed by atoms with E-state index in [-0.39, 0.29) is 11.8 Å². The molecule has 2 rings (SSSR count). The molecule has 0 saturated heterocycles. The lowest BCUT2D eigenvalue weighted by Gasteiger charge is -2.30. The summed E-state index contributed by atoms with van der Waals surface area (Å²) in [6.07, 6.45) is 0.543. The van der Waals surface area contributed by atoms with Gasteiger partial charge in [-0.3, -0.25) is 9.59 Å². The monoisotopic (exact) mass is 438 g/mol. The summed E-state index contributed by atoms with van der Waals surface area (Å²) in [6, 6.07) is 14.4. The molecule has 1 N–H and O–H groups in total. The van der Waals surface area contributed by atoms with Crippen LogP contribution in [0.3, 0.4) is 0 Å². The van der Waals surface area contributed by atoms with Crippen molar-refractivity contribution in [2.75, 3.05) is 12.8 Å². The molecule has 7 heteroatoms. The molecule has 2 aromatic carbocycles. The molecule has 0 aromatic heterocycles. The first-order chi connectivity index (χ1) is 13.4. The van der Waals surface area contributed by atoms with E-state index in [1.54, 1.807) is 24.1 Å². The van der Waals surface area contributed by atoms with Crippen molar-refractivity contribution in [2.45, 2.75) is 31.7 Å². The number of benzene rings is 2. The average Bonchev–Trinajstić information content (AvgIpc) is 2.70. The molecule has 0 aliphatic rings. The van der Waals surface area contributed by atoms with Gasteiger partial charge in [0.2, 0.25) is 11.8 Å². The van der Waals surface area contributed by atoms with E-state index in [2.05, 4.69) is 5.32 Å². The highest BCUT2D eigenvalue weighted by atomic mass is 35.5. The fourth-order valence-electron chi connectivity index (χ4n) is 2.79. The van der Waals surface area contributed by atoms with Crippen molar-refractivity contribution in [3.8, 4) is 0 Å². The van der Waals surface area contributed by atoms with Gasteiger partial charge in [-0.1, -0.05) is 54.4 Å². The highest BCUT2D eigenvalue weighted by Gasteiger charge is 2.27. The molecule has 0 aliphatic carbocycles. The number of hydrogen-bond donors (Lipinski definition) is 1. The third-order valence-corrected chi connectivity index (χ3v) is 5.80. The number of nitrogens with zero attached hydrogens (tertiary/aromatic N) is 1. The van der Waals surface area contributed by atoms with E-state index >= 15 is 0 Å². The van der Waals surface area contributed by atoms with E-state index in [0.29, 0.717) is 34.5 Å². The Balaban J connectivity index is 2.07. The van der Waals surface area contributed by atoms with Crippen LogP contribution in [0.25, 0.3) is 0 Å². The van der Waals surface area contributed by atoms with Gasteiger partial charge in [-0.2, -0.15) is 0 Å². The molecule has 1 unspecified atom stereocenters. The van der Waals surface area contributed by atoms with Crippen LogP contribution in [0.4, 0.5) is 0 Å². The first kappa shape index (κ1) is 22.6. The van der Waals surface area contributed by atoms with Gasteiger partial charge in [0.1, 0.15) is 6.04 Å². The Kier molecular flexibility index (Phi) is 9.16. The van der Waals surface area contributed by atoms with Crippen LogP contribution in [0.2, 0.25) is 10.0 Å².